The van der Waals surface area contributed by atoms with Gasteiger partial charge in [0.05, 0.1) is 33.4 Å². The summed E-state index contributed by atoms with van der Waals surface area (Å²) in [6.45, 7) is 9.16. The van der Waals surface area contributed by atoms with Crippen molar-refractivity contribution in [1.82, 2.24) is 14.1 Å². The second-order valence-corrected chi connectivity index (χ2v) is 12.4. The summed E-state index contributed by atoms with van der Waals surface area (Å²) < 4.78 is 4.85. The van der Waals surface area contributed by atoms with Crippen molar-refractivity contribution in [2.75, 3.05) is 0 Å². The Morgan fingerprint density at radius 3 is 1.59 bits per heavy atom. The molecule has 0 amide bonds. The van der Waals surface area contributed by atoms with Crippen molar-refractivity contribution >= 4 is 43.6 Å². The topological polar surface area (TPSA) is 22.8 Å². The van der Waals surface area contributed by atoms with Crippen molar-refractivity contribution in [3.05, 3.63) is 139 Å². The zero-order valence-electron chi connectivity index (χ0n) is 25.6. The fraction of sp³-hybridized carbons (Fsp3) is 0.146. The average Bonchev–Trinajstić information content (AvgIpc) is 3.60. The van der Waals surface area contributed by atoms with Crippen LogP contribution in [0.3, 0.4) is 0 Å². The lowest BCUT2D eigenvalue weighted by Crippen LogP contribution is -2.08. The molecule has 44 heavy (non-hydrogen) atoms. The van der Waals surface area contributed by atoms with E-state index in [0.29, 0.717) is 11.8 Å². The first kappa shape index (κ1) is 26.5. The van der Waals surface area contributed by atoms with Gasteiger partial charge >= 0.3 is 0 Å². The van der Waals surface area contributed by atoms with Crippen molar-refractivity contribution in [2.24, 2.45) is 0 Å². The summed E-state index contributed by atoms with van der Waals surface area (Å²) in [7, 11) is 0. The minimum atomic E-state index is 0.368. The Kier molecular flexibility index (Phi) is 6.16. The molecule has 0 bridgehead atoms. The highest BCUT2D eigenvalue weighted by atomic mass is 15.1. The fourth-order valence-electron chi connectivity index (χ4n) is 7.06. The van der Waals surface area contributed by atoms with Crippen molar-refractivity contribution in [3.8, 4) is 22.8 Å². The molecule has 0 unspecified atom stereocenters. The second-order valence-electron chi connectivity index (χ2n) is 12.4. The summed E-state index contributed by atoms with van der Waals surface area (Å²) in [6.07, 6.45) is 0. The molecular weight excluding hydrogens is 534 g/mol. The lowest BCUT2D eigenvalue weighted by Gasteiger charge is -2.23. The Bertz CT molecular complexity index is 2270. The molecular formula is C41H35N3. The molecule has 2 heterocycles. The largest absolute Gasteiger partial charge is 0.309 e. The van der Waals surface area contributed by atoms with Crippen molar-refractivity contribution in [3.63, 3.8) is 0 Å². The van der Waals surface area contributed by atoms with Gasteiger partial charge in [-0.3, -0.25) is 4.57 Å². The predicted octanol–water partition coefficient (Wildman–Crippen LogP) is 11.2. The maximum Gasteiger partial charge on any atom is 0.146 e. The monoisotopic (exact) mass is 569 g/mol. The van der Waals surface area contributed by atoms with Crippen LogP contribution in [-0.2, 0) is 0 Å². The van der Waals surface area contributed by atoms with E-state index in [-0.39, 0.29) is 0 Å². The third-order valence-electron chi connectivity index (χ3n) is 9.09. The standard InChI is InChI=1S/C41H35N3/c1-26(2)28-18-13-19-29(27(3)4)40(28)44-39-23-12-9-20-35(39)42-41(44)34-24-25-38(31-15-6-5-14-30(31)34)43-36-21-10-7-16-32(36)33-17-8-11-22-37(33)43/h5-27H,1-4H3. The van der Waals surface area contributed by atoms with Gasteiger partial charge in [-0.15, -0.1) is 0 Å². The summed E-state index contributed by atoms with van der Waals surface area (Å²) in [6, 6.07) is 46.2. The maximum atomic E-state index is 5.36. The first-order valence-corrected chi connectivity index (χ1v) is 15.6. The smallest absolute Gasteiger partial charge is 0.146 e. The highest BCUT2D eigenvalue weighted by Gasteiger charge is 2.24. The molecule has 0 aliphatic carbocycles. The first-order chi connectivity index (χ1) is 21.5. The summed E-state index contributed by atoms with van der Waals surface area (Å²) in [5.41, 5.74) is 10.8. The Morgan fingerprint density at radius 2 is 0.977 bits per heavy atom. The number of fused-ring (bicyclic) bond motifs is 5. The van der Waals surface area contributed by atoms with Gasteiger partial charge in [0.25, 0.3) is 0 Å². The van der Waals surface area contributed by atoms with E-state index in [4.69, 9.17) is 4.98 Å². The van der Waals surface area contributed by atoms with Crippen LogP contribution in [0.2, 0.25) is 0 Å². The molecule has 3 nitrogen and oxygen atoms in total. The average molecular weight is 570 g/mol. The minimum Gasteiger partial charge on any atom is -0.309 e. The van der Waals surface area contributed by atoms with Crippen LogP contribution in [0.5, 0.6) is 0 Å². The number of imidazole rings is 1. The number of aromatic nitrogens is 3. The second kappa shape index (κ2) is 10.2. The number of benzene rings is 6. The van der Waals surface area contributed by atoms with Gasteiger partial charge in [-0.25, -0.2) is 4.98 Å². The number of rotatable bonds is 5. The van der Waals surface area contributed by atoms with E-state index < -0.39 is 0 Å². The van der Waals surface area contributed by atoms with Crippen LogP contribution < -0.4 is 0 Å². The zero-order chi connectivity index (χ0) is 29.9. The van der Waals surface area contributed by atoms with Crippen LogP contribution in [0.1, 0.15) is 50.7 Å². The number of para-hydroxylation sites is 5. The van der Waals surface area contributed by atoms with Crippen molar-refractivity contribution in [2.45, 2.75) is 39.5 Å². The highest BCUT2D eigenvalue weighted by molar-refractivity contribution is 6.11. The maximum absolute atomic E-state index is 5.36. The lowest BCUT2D eigenvalue weighted by atomic mass is 9.92. The summed E-state index contributed by atoms with van der Waals surface area (Å²) in [5.74, 6) is 1.71. The fourth-order valence-corrected chi connectivity index (χ4v) is 7.06. The summed E-state index contributed by atoms with van der Waals surface area (Å²) in [5, 5.41) is 4.93. The van der Waals surface area contributed by atoms with E-state index in [2.05, 4.69) is 164 Å². The van der Waals surface area contributed by atoms with Crippen LogP contribution in [0.15, 0.2) is 127 Å². The summed E-state index contributed by atoms with van der Waals surface area (Å²) in [4.78, 5) is 5.36. The van der Waals surface area contributed by atoms with Crippen LogP contribution in [0.4, 0.5) is 0 Å². The third kappa shape index (κ3) is 3.92. The quantitative estimate of drug-likeness (QED) is 0.202. The number of nitrogens with zero attached hydrogens (tertiary/aromatic N) is 3. The molecule has 0 spiro atoms. The van der Waals surface area contributed by atoms with Gasteiger partial charge in [-0.05, 0) is 64.7 Å². The van der Waals surface area contributed by atoms with Gasteiger partial charge in [0.1, 0.15) is 5.82 Å². The Balaban J connectivity index is 1.47. The van der Waals surface area contributed by atoms with E-state index >= 15 is 0 Å². The molecule has 0 atom stereocenters. The van der Waals surface area contributed by atoms with E-state index in [9.17, 15) is 0 Å². The Morgan fingerprint density at radius 1 is 0.455 bits per heavy atom. The van der Waals surface area contributed by atoms with Gasteiger partial charge in [-0.1, -0.05) is 119 Å². The van der Waals surface area contributed by atoms with Crippen LogP contribution in [-0.4, -0.2) is 14.1 Å². The van der Waals surface area contributed by atoms with E-state index in [0.717, 1.165) is 22.4 Å². The van der Waals surface area contributed by atoms with Crippen LogP contribution in [0.25, 0.3) is 66.4 Å². The van der Waals surface area contributed by atoms with Gasteiger partial charge in [-0.2, -0.15) is 0 Å². The molecule has 0 radical (unpaired) electrons. The molecule has 0 saturated carbocycles. The first-order valence-electron chi connectivity index (χ1n) is 15.6. The van der Waals surface area contributed by atoms with Gasteiger partial charge in [0.2, 0.25) is 0 Å². The molecule has 214 valence electrons. The highest BCUT2D eigenvalue weighted by Crippen LogP contribution is 2.41. The molecule has 3 heteroatoms. The van der Waals surface area contributed by atoms with Gasteiger partial charge in [0, 0.05) is 21.7 Å². The van der Waals surface area contributed by atoms with Crippen LogP contribution >= 0.6 is 0 Å². The predicted molar refractivity (Wildman–Crippen MR) is 187 cm³/mol. The molecule has 0 aliphatic rings. The van der Waals surface area contributed by atoms with Crippen molar-refractivity contribution in [1.29, 1.82) is 0 Å². The molecule has 0 N–H and O–H groups in total. The number of hydrogen-bond acceptors (Lipinski definition) is 1. The summed E-state index contributed by atoms with van der Waals surface area (Å²) >= 11 is 0. The third-order valence-corrected chi connectivity index (χ3v) is 9.09. The molecule has 0 aliphatic heterocycles. The van der Waals surface area contributed by atoms with E-state index in [1.807, 2.05) is 0 Å². The van der Waals surface area contributed by atoms with Gasteiger partial charge in [0.15, 0.2) is 0 Å². The van der Waals surface area contributed by atoms with Crippen molar-refractivity contribution < 1.29 is 0 Å². The molecule has 8 aromatic rings. The Labute approximate surface area is 258 Å². The van der Waals surface area contributed by atoms with Crippen LogP contribution in [0, 0.1) is 0 Å². The minimum absolute atomic E-state index is 0.368. The normalized spacial score (nSPS) is 12.0. The molecule has 0 saturated heterocycles. The van der Waals surface area contributed by atoms with E-state index in [1.54, 1.807) is 0 Å². The number of hydrogen-bond donors (Lipinski definition) is 0. The molecule has 6 aromatic carbocycles. The molecule has 2 aromatic heterocycles. The zero-order valence-corrected chi connectivity index (χ0v) is 25.6. The Hall–Kier alpha value is -5.15. The lowest BCUT2D eigenvalue weighted by molar-refractivity contribution is 0.811. The molecule has 8 rings (SSSR count). The van der Waals surface area contributed by atoms with Gasteiger partial charge < -0.3 is 4.57 Å². The molecule has 0 fully saturated rings. The SMILES string of the molecule is CC(C)c1cccc(C(C)C)c1-n1c(-c2ccc(-n3c4ccccc4c4ccccc43)c3ccccc23)nc2ccccc21. The van der Waals surface area contributed by atoms with E-state index in [1.165, 1.54) is 55.1 Å².